The van der Waals surface area contributed by atoms with Gasteiger partial charge in [0.25, 0.3) is 15.9 Å². The molecule has 0 unspecified atom stereocenters. The maximum Gasteiger partial charge on any atom is 0.265 e. The van der Waals surface area contributed by atoms with Crippen LogP contribution in [0.15, 0.2) is 58.9 Å². The molecule has 0 aliphatic carbocycles. The number of anilines is 2. The number of benzene rings is 2. The van der Waals surface area contributed by atoms with Crippen LogP contribution in [0.3, 0.4) is 0 Å². The van der Waals surface area contributed by atoms with E-state index in [9.17, 15) is 13.2 Å². The Kier molecular flexibility index (Phi) is 6.19. The van der Waals surface area contributed by atoms with E-state index in [-0.39, 0.29) is 10.8 Å². The van der Waals surface area contributed by atoms with Crippen molar-refractivity contribution in [2.75, 3.05) is 10.0 Å². The second kappa shape index (κ2) is 8.62. The van der Waals surface area contributed by atoms with Gasteiger partial charge >= 0.3 is 0 Å². The molecule has 3 rings (SSSR count). The van der Waals surface area contributed by atoms with E-state index in [4.69, 9.17) is 4.74 Å². The van der Waals surface area contributed by atoms with E-state index < -0.39 is 16.1 Å². The lowest BCUT2D eigenvalue weighted by Crippen LogP contribution is -2.30. The van der Waals surface area contributed by atoms with E-state index in [2.05, 4.69) is 15.0 Å². The summed E-state index contributed by atoms with van der Waals surface area (Å²) < 4.78 is 32.9. The molecule has 9 heteroatoms. The predicted octanol–water partition coefficient (Wildman–Crippen LogP) is 3.97. The molecule has 0 bridgehead atoms. The van der Waals surface area contributed by atoms with E-state index in [1.807, 2.05) is 32.0 Å². The zero-order valence-corrected chi connectivity index (χ0v) is 17.8. The molecule has 3 aromatic rings. The second-order valence-electron chi connectivity index (χ2n) is 6.41. The lowest BCUT2D eigenvalue weighted by molar-refractivity contribution is -0.122. The number of aromatic nitrogens is 1. The highest BCUT2D eigenvalue weighted by Crippen LogP contribution is 2.23. The molecule has 0 saturated heterocycles. The predicted molar refractivity (Wildman–Crippen MR) is 114 cm³/mol. The van der Waals surface area contributed by atoms with Crippen molar-refractivity contribution in [2.24, 2.45) is 0 Å². The molecule has 2 aromatic carbocycles. The van der Waals surface area contributed by atoms with Gasteiger partial charge in [-0.1, -0.05) is 12.1 Å². The maximum atomic E-state index is 12.4. The van der Waals surface area contributed by atoms with Gasteiger partial charge in [0.05, 0.1) is 4.90 Å². The van der Waals surface area contributed by atoms with Crippen molar-refractivity contribution in [1.29, 1.82) is 0 Å². The molecule has 1 heterocycles. The lowest BCUT2D eigenvalue weighted by atomic mass is 10.1. The average molecular weight is 432 g/mol. The van der Waals surface area contributed by atoms with Gasteiger partial charge in [0.1, 0.15) is 5.75 Å². The molecule has 7 nitrogen and oxygen atoms in total. The van der Waals surface area contributed by atoms with Crippen LogP contribution in [0.4, 0.5) is 10.8 Å². The minimum absolute atomic E-state index is 0.0744. The van der Waals surface area contributed by atoms with Crippen LogP contribution in [-0.4, -0.2) is 25.4 Å². The van der Waals surface area contributed by atoms with Crippen LogP contribution in [-0.2, 0) is 14.8 Å². The first kappa shape index (κ1) is 20.8. The summed E-state index contributed by atoms with van der Waals surface area (Å²) in [7, 11) is -3.73. The number of thiazole rings is 1. The van der Waals surface area contributed by atoms with Gasteiger partial charge in [-0.15, -0.1) is 11.3 Å². The molecule has 1 amide bonds. The molecule has 2 N–H and O–H groups in total. The molecule has 0 aliphatic heterocycles. The van der Waals surface area contributed by atoms with E-state index in [0.717, 1.165) is 11.1 Å². The van der Waals surface area contributed by atoms with Crippen LogP contribution >= 0.6 is 11.3 Å². The smallest absolute Gasteiger partial charge is 0.265 e. The Morgan fingerprint density at radius 2 is 1.86 bits per heavy atom. The van der Waals surface area contributed by atoms with Crippen LogP contribution in [0.1, 0.15) is 18.1 Å². The Labute approximate surface area is 173 Å². The zero-order valence-electron chi connectivity index (χ0n) is 16.2. The summed E-state index contributed by atoms with van der Waals surface area (Å²) in [5.41, 5.74) is 2.53. The van der Waals surface area contributed by atoms with Crippen molar-refractivity contribution in [3.8, 4) is 5.75 Å². The number of amides is 1. The number of nitrogens with one attached hydrogen (secondary N) is 2. The van der Waals surface area contributed by atoms with Gasteiger partial charge in [-0.2, -0.15) is 0 Å². The molecular formula is C20H21N3O4S2. The molecule has 0 radical (unpaired) electrons. The summed E-state index contributed by atoms with van der Waals surface area (Å²) in [5.74, 6) is 0.324. The number of nitrogens with zero attached hydrogens (tertiary/aromatic N) is 1. The van der Waals surface area contributed by atoms with Gasteiger partial charge in [-0.05, 0) is 62.2 Å². The highest BCUT2D eigenvalue weighted by molar-refractivity contribution is 7.93. The Balaban J connectivity index is 1.64. The Morgan fingerprint density at radius 1 is 1.14 bits per heavy atom. The van der Waals surface area contributed by atoms with Gasteiger partial charge in [0.15, 0.2) is 11.2 Å². The molecule has 152 valence electrons. The number of aryl methyl sites for hydroxylation is 1. The minimum atomic E-state index is -3.73. The van der Waals surface area contributed by atoms with Crippen molar-refractivity contribution in [3.05, 3.63) is 65.2 Å². The number of carbonyl (C=O) groups excluding carboxylic acids is 1. The SMILES string of the molecule is Cc1cccc(O[C@H](C)C(=O)Nc2ccc(S(=O)(=O)Nc3nccs3)cc2)c1C. The topological polar surface area (TPSA) is 97.4 Å². The van der Waals surface area contributed by atoms with Crippen LogP contribution in [0.2, 0.25) is 0 Å². The van der Waals surface area contributed by atoms with Crippen molar-refractivity contribution in [1.82, 2.24) is 4.98 Å². The fraction of sp³-hybridized carbons (Fsp3) is 0.200. The number of ether oxygens (including phenoxy) is 1. The Hall–Kier alpha value is -2.91. The quantitative estimate of drug-likeness (QED) is 0.590. The minimum Gasteiger partial charge on any atom is -0.481 e. The van der Waals surface area contributed by atoms with Gasteiger partial charge in [0, 0.05) is 17.3 Å². The Morgan fingerprint density at radius 3 is 2.52 bits per heavy atom. The molecule has 0 saturated carbocycles. The number of hydrogen-bond acceptors (Lipinski definition) is 6. The molecule has 1 aromatic heterocycles. The van der Waals surface area contributed by atoms with E-state index >= 15 is 0 Å². The third-order valence-corrected chi connectivity index (χ3v) is 6.49. The summed E-state index contributed by atoms with van der Waals surface area (Å²) in [4.78, 5) is 16.4. The highest BCUT2D eigenvalue weighted by atomic mass is 32.2. The van der Waals surface area contributed by atoms with Crippen LogP contribution < -0.4 is 14.8 Å². The largest absolute Gasteiger partial charge is 0.481 e. The molecule has 0 aliphatic rings. The normalized spacial score (nSPS) is 12.2. The van der Waals surface area contributed by atoms with Crippen molar-refractivity contribution in [2.45, 2.75) is 31.8 Å². The first-order valence-corrected chi connectivity index (χ1v) is 11.2. The maximum absolute atomic E-state index is 12.4. The monoisotopic (exact) mass is 431 g/mol. The fourth-order valence-electron chi connectivity index (χ4n) is 2.50. The fourth-order valence-corrected chi connectivity index (χ4v) is 4.29. The third kappa shape index (κ3) is 5.12. The number of sulfonamides is 1. The molecular weight excluding hydrogens is 410 g/mol. The van der Waals surface area contributed by atoms with Gasteiger partial charge in [0.2, 0.25) is 0 Å². The Bertz CT molecular complexity index is 1100. The first-order chi connectivity index (χ1) is 13.8. The van der Waals surface area contributed by atoms with Crippen molar-refractivity contribution < 1.29 is 17.9 Å². The summed E-state index contributed by atoms with van der Waals surface area (Å²) in [6.45, 7) is 5.58. The third-order valence-electron chi connectivity index (χ3n) is 4.31. The van der Waals surface area contributed by atoms with Crippen LogP contribution in [0.25, 0.3) is 0 Å². The van der Waals surface area contributed by atoms with E-state index in [1.54, 1.807) is 12.3 Å². The summed E-state index contributed by atoms with van der Waals surface area (Å²) in [6, 6.07) is 11.6. The highest BCUT2D eigenvalue weighted by Gasteiger charge is 2.18. The van der Waals surface area contributed by atoms with Gasteiger partial charge < -0.3 is 10.1 Å². The van der Waals surface area contributed by atoms with Crippen LogP contribution in [0, 0.1) is 13.8 Å². The standard InChI is InChI=1S/C20H21N3O4S2/c1-13-5-4-6-18(14(13)2)27-15(3)19(24)22-16-7-9-17(10-8-16)29(25,26)23-20-21-11-12-28-20/h4-12,15H,1-3H3,(H,21,23)(H,22,24)/t15-/m1/s1. The number of rotatable bonds is 7. The van der Waals surface area contributed by atoms with Gasteiger partial charge in [-0.3, -0.25) is 9.52 Å². The summed E-state index contributed by atoms with van der Waals surface area (Å²) in [6.07, 6.45) is 0.799. The zero-order chi connectivity index (χ0) is 21.0. The van der Waals surface area contributed by atoms with E-state index in [0.29, 0.717) is 16.6 Å². The molecule has 29 heavy (non-hydrogen) atoms. The molecule has 0 fully saturated rings. The first-order valence-electron chi connectivity index (χ1n) is 8.82. The molecule has 0 spiro atoms. The van der Waals surface area contributed by atoms with E-state index in [1.165, 1.54) is 41.8 Å². The second-order valence-corrected chi connectivity index (χ2v) is 8.99. The summed E-state index contributed by atoms with van der Waals surface area (Å²) >= 11 is 1.19. The van der Waals surface area contributed by atoms with Crippen LogP contribution in [0.5, 0.6) is 5.75 Å². The number of hydrogen-bond donors (Lipinski definition) is 2. The molecule has 1 atom stereocenters. The van der Waals surface area contributed by atoms with Crippen molar-refractivity contribution >= 4 is 38.1 Å². The average Bonchev–Trinajstić information content (AvgIpc) is 3.18. The lowest BCUT2D eigenvalue weighted by Gasteiger charge is -2.17. The van der Waals surface area contributed by atoms with Crippen molar-refractivity contribution in [3.63, 3.8) is 0 Å². The summed E-state index contributed by atoms with van der Waals surface area (Å²) in [5, 5.41) is 4.70. The van der Waals surface area contributed by atoms with Gasteiger partial charge in [-0.25, -0.2) is 13.4 Å². The number of carbonyl (C=O) groups is 1.